The van der Waals surface area contributed by atoms with Gasteiger partial charge in [0.05, 0.1) is 33.6 Å². The van der Waals surface area contributed by atoms with Crippen LogP contribution in [-0.4, -0.2) is 52.6 Å². The Labute approximate surface area is 322 Å². The smallest absolute Gasteiger partial charge is 0.790 e. The monoisotopic (exact) mass is 684 g/mol. The second kappa shape index (κ2) is 22.1. The normalized spacial score (nSPS) is 21.0. The summed E-state index contributed by atoms with van der Waals surface area (Å²) < 4.78 is 55.3. The molecule has 1 aliphatic heterocycles. The SMILES string of the molecule is CCCOCCC(=O)NNc1ccn(C2CC(O)C(COP(=O)([O-])OP(=O)([O-])OP(=O)([O-])[O-])O2)c(=O)n1.[Na+].[Na+].[Na+].[Na+]. The van der Waals surface area contributed by atoms with Gasteiger partial charge in [-0.05, 0) is 12.5 Å². The van der Waals surface area contributed by atoms with Gasteiger partial charge in [-0.2, -0.15) is 4.98 Å². The number of phosphoric ester groups is 1. The number of carbonyl (C=O) groups is 1. The van der Waals surface area contributed by atoms with Crippen LogP contribution in [0.15, 0.2) is 17.1 Å². The molecule has 212 valence electrons. The fraction of sp³-hybridized carbons (Fsp3) is 0.667. The van der Waals surface area contributed by atoms with Crippen molar-refractivity contribution >= 4 is 35.2 Å². The van der Waals surface area contributed by atoms with E-state index >= 15 is 0 Å². The number of anilines is 1. The van der Waals surface area contributed by atoms with Gasteiger partial charge in [-0.3, -0.25) is 33.7 Å². The van der Waals surface area contributed by atoms with Crippen molar-refractivity contribution in [3.63, 3.8) is 0 Å². The summed E-state index contributed by atoms with van der Waals surface area (Å²) in [6, 6.07) is 1.30. The number of phosphoric acid groups is 3. The number of hydrogen-bond acceptors (Lipinski definition) is 17. The number of aliphatic hydroxyl groups is 1. The Morgan fingerprint density at radius 3 is 2.32 bits per heavy atom. The standard InChI is InChI=1S/C15H27N4O15P3.4Na/c1-2-6-30-7-4-13(21)18-17-12-3-5-19(15(22)16-12)14-8-10(20)11(32-14)9-31-36(26,27)34-37(28,29)33-35(23,24)25;;;;/h3,5,10-11,14,20H,2,4,6-9H2,1H3,(H,18,21)(H,26,27)(H,28,29)(H,16,17,22)(H2,23,24,25);;;;/q;4*+1/p-4. The fourth-order valence-electron chi connectivity index (χ4n) is 2.79. The van der Waals surface area contributed by atoms with Gasteiger partial charge in [0.1, 0.15) is 12.3 Å². The molecule has 0 bridgehead atoms. The van der Waals surface area contributed by atoms with Gasteiger partial charge in [-0.1, -0.05) is 6.92 Å². The first kappa shape index (κ1) is 47.8. The molecule has 0 radical (unpaired) electrons. The zero-order valence-corrected chi connectivity index (χ0v) is 33.7. The molecular weight excluding hydrogens is 661 g/mol. The van der Waals surface area contributed by atoms with E-state index in [1.165, 1.54) is 12.3 Å². The van der Waals surface area contributed by atoms with Crippen molar-refractivity contribution in [2.75, 3.05) is 25.2 Å². The van der Waals surface area contributed by atoms with E-state index in [4.69, 9.17) is 9.47 Å². The largest absolute Gasteiger partial charge is 1.00 e. The van der Waals surface area contributed by atoms with Crippen LogP contribution in [0.25, 0.3) is 0 Å². The van der Waals surface area contributed by atoms with E-state index in [0.29, 0.717) is 6.61 Å². The van der Waals surface area contributed by atoms with Crippen molar-refractivity contribution in [1.82, 2.24) is 15.0 Å². The molecule has 26 heteroatoms. The molecule has 0 saturated carbocycles. The Hall–Kier alpha value is 2.44. The van der Waals surface area contributed by atoms with Gasteiger partial charge >= 0.3 is 124 Å². The Bertz CT molecular complexity index is 1150. The summed E-state index contributed by atoms with van der Waals surface area (Å²) >= 11 is 0. The molecule has 3 N–H and O–H groups in total. The molecule has 2 heterocycles. The molecule has 2 rings (SSSR count). The minimum Gasteiger partial charge on any atom is -0.790 e. The number of nitrogens with zero attached hydrogens (tertiary/aromatic N) is 2. The van der Waals surface area contributed by atoms with Crippen LogP contribution in [0.1, 0.15) is 32.4 Å². The average molecular weight is 684 g/mol. The van der Waals surface area contributed by atoms with Crippen molar-refractivity contribution in [1.29, 1.82) is 0 Å². The Kier molecular flexibility index (Phi) is 25.8. The van der Waals surface area contributed by atoms with Crippen LogP contribution in [0.3, 0.4) is 0 Å². The third-order valence-corrected chi connectivity index (χ3v) is 7.96. The van der Waals surface area contributed by atoms with Crippen molar-refractivity contribution in [3.8, 4) is 0 Å². The number of aliphatic hydroxyl groups excluding tert-OH is 1. The van der Waals surface area contributed by atoms with Crippen LogP contribution in [0, 0.1) is 0 Å². The van der Waals surface area contributed by atoms with E-state index in [0.717, 1.165) is 11.0 Å². The van der Waals surface area contributed by atoms with E-state index in [1.54, 1.807) is 0 Å². The maximum atomic E-state index is 12.3. The van der Waals surface area contributed by atoms with Crippen LogP contribution in [-0.2, 0) is 41.1 Å². The van der Waals surface area contributed by atoms with E-state index in [9.17, 15) is 48.0 Å². The zero-order valence-electron chi connectivity index (χ0n) is 23.0. The number of nitrogens with one attached hydrogen (secondary N) is 2. The van der Waals surface area contributed by atoms with Gasteiger partial charge in [-0.15, -0.1) is 0 Å². The maximum Gasteiger partial charge on any atom is 1.00 e. The summed E-state index contributed by atoms with van der Waals surface area (Å²) in [6.07, 6.45) is -2.10. The summed E-state index contributed by atoms with van der Waals surface area (Å²) in [7, 11) is -18.1. The quantitative estimate of drug-likeness (QED) is 0.0669. The summed E-state index contributed by atoms with van der Waals surface area (Å²) in [4.78, 5) is 71.2. The van der Waals surface area contributed by atoms with Crippen LogP contribution in [0.2, 0.25) is 0 Å². The first-order valence-corrected chi connectivity index (χ1v) is 14.8. The van der Waals surface area contributed by atoms with Gasteiger partial charge < -0.3 is 43.2 Å². The van der Waals surface area contributed by atoms with E-state index in [2.05, 4.69) is 29.0 Å². The number of hydrazine groups is 1. The van der Waals surface area contributed by atoms with Gasteiger partial charge in [-0.25, -0.2) is 9.11 Å². The molecule has 1 saturated heterocycles. The maximum absolute atomic E-state index is 12.3. The second-order valence-electron chi connectivity index (χ2n) is 7.27. The first-order valence-electron chi connectivity index (χ1n) is 10.4. The third kappa shape index (κ3) is 19.0. The fourth-order valence-corrected chi connectivity index (χ4v) is 5.66. The molecule has 0 spiro atoms. The molecular formula is C15H23N4Na4O15P3. The van der Waals surface area contributed by atoms with Crippen molar-refractivity contribution in [2.45, 2.75) is 44.6 Å². The summed E-state index contributed by atoms with van der Waals surface area (Å²) in [6.45, 7) is 1.63. The predicted molar refractivity (Wildman–Crippen MR) is 111 cm³/mol. The van der Waals surface area contributed by atoms with Gasteiger partial charge in [0.25, 0.3) is 15.6 Å². The molecule has 1 aromatic heterocycles. The molecule has 0 aliphatic carbocycles. The van der Waals surface area contributed by atoms with E-state index in [1.807, 2.05) is 6.92 Å². The minimum atomic E-state index is -6.14. The zero-order chi connectivity index (χ0) is 27.9. The number of carbonyl (C=O) groups excluding carboxylic acids is 1. The van der Waals surface area contributed by atoms with Crippen LogP contribution in [0.5, 0.6) is 0 Å². The predicted octanol–water partition coefficient (Wildman–Crippen LogP) is -15.0. The van der Waals surface area contributed by atoms with Gasteiger partial charge in [0.15, 0.2) is 5.82 Å². The van der Waals surface area contributed by atoms with Gasteiger partial charge in [0.2, 0.25) is 5.91 Å². The van der Waals surface area contributed by atoms with E-state index in [-0.39, 0.29) is 143 Å². The molecule has 1 aliphatic rings. The molecule has 1 amide bonds. The summed E-state index contributed by atoms with van der Waals surface area (Å²) in [5.74, 6) is -0.432. The number of amides is 1. The summed E-state index contributed by atoms with van der Waals surface area (Å²) in [5.41, 5.74) is 3.91. The molecule has 19 nitrogen and oxygen atoms in total. The Balaban J connectivity index is -0.00000361. The van der Waals surface area contributed by atoms with Crippen LogP contribution in [0.4, 0.5) is 5.82 Å². The van der Waals surface area contributed by atoms with Crippen LogP contribution >= 0.6 is 23.5 Å². The molecule has 5 atom stereocenters. The van der Waals surface area contributed by atoms with E-state index < -0.39 is 60.1 Å². The van der Waals surface area contributed by atoms with Gasteiger partial charge in [0, 0.05) is 19.2 Å². The molecule has 41 heavy (non-hydrogen) atoms. The second-order valence-corrected chi connectivity index (χ2v) is 11.5. The summed E-state index contributed by atoms with van der Waals surface area (Å²) in [5, 5.41) is 10.1. The topological polar surface area (TPSA) is 286 Å². The third-order valence-electron chi connectivity index (χ3n) is 4.29. The van der Waals surface area contributed by atoms with Crippen molar-refractivity contribution < 1.29 is 184 Å². The first-order chi connectivity index (χ1) is 17.1. The average Bonchev–Trinajstić information content (AvgIpc) is 3.11. The van der Waals surface area contributed by atoms with Crippen LogP contribution < -0.4 is 154 Å². The number of rotatable bonds is 15. The number of hydrogen-bond donors (Lipinski definition) is 3. The number of ether oxygens (including phenoxy) is 2. The Morgan fingerprint density at radius 2 is 1.76 bits per heavy atom. The van der Waals surface area contributed by atoms with Crippen molar-refractivity contribution in [2.24, 2.45) is 0 Å². The molecule has 0 aromatic carbocycles. The molecule has 1 fully saturated rings. The minimum absolute atomic E-state index is 0. The molecule has 5 unspecified atom stereocenters. The van der Waals surface area contributed by atoms with Crippen molar-refractivity contribution in [3.05, 3.63) is 22.7 Å². The Morgan fingerprint density at radius 1 is 1.12 bits per heavy atom. The molecule has 1 aromatic rings. The number of aromatic nitrogens is 2.